The third-order valence-electron chi connectivity index (χ3n) is 2.08. The van der Waals surface area contributed by atoms with Crippen LogP contribution in [-0.2, 0) is 0 Å². The van der Waals surface area contributed by atoms with Gasteiger partial charge in [0.25, 0.3) is 0 Å². The van der Waals surface area contributed by atoms with Gasteiger partial charge in [-0.3, -0.25) is 4.99 Å². The summed E-state index contributed by atoms with van der Waals surface area (Å²) in [5.41, 5.74) is 0.991. The molecular weight excluding hydrogens is 188 g/mol. The molecule has 1 aromatic rings. The molecule has 15 heavy (non-hydrogen) atoms. The van der Waals surface area contributed by atoms with Gasteiger partial charge in [0.05, 0.1) is 5.70 Å². The Balaban J connectivity index is 2.29. The molecule has 0 saturated heterocycles. The van der Waals surface area contributed by atoms with Crippen LogP contribution in [0.2, 0.25) is 0 Å². The van der Waals surface area contributed by atoms with Crippen LogP contribution >= 0.6 is 0 Å². The fraction of sp³-hybridized carbons (Fsp3) is 0.182. The predicted molar refractivity (Wildman–Crippen MR) is 60.3 cm³/mol. The molecule has 0 atom stereocenters. The maximum Gasteiger partial charge on any atom is 0.175 e. The van der Waals surface area contributed by atoms with Crippen LogP contribution in [0.5, 0.6) is 0 Å². The van der Waals surface area contributed by atoms with Gasteiger partial charge < -0.3 is 4.90 Å². The molecule has 0 N–H and O–H groups in total. The van der Waals surface area contributed by atoms with E-state index in [0.29, 0.717) is 6.67 Å². The number of hydrogen-bond donors (Lipinski definition) is 0. The van der Waals surface area contributed by atoms with Crippen LogP contribution in [0.15, 0.2) is 42.2 Å². The normalized spacial score (nSPS) is 14.9. The molecule has 0 unspecified atom stereocenters. The topological polar surface area (TPSA) is 41.4 Å². The van der Waals surface area contributed by atoms with Gasteiger partial charge in [-0.05, 0) is 12.1 Å². The van der Waals surface area contributed by atoms with Gasteiger partial charge in [-0.15, -0.1) is 6.58 Å². The van der Waals surface area contributed by atoms with Crippen molar-refractivity contribution in [1.29, 1.82) is 0 Å². The van der Waals surface area contributed by atoms with E-state index >= 15 is 0 Å². The summed E-state index contributed by atoms with van der Waals surface area (Å²) in [5, 5.41) is 0. The zero-order valence-electron chi connectivity index (χ0n) is 8.37. The van der Waals surface area contributed by atoms with E-state index in [2.05, 4.69) is 26.4 Å². The molecule has 1 aromatic heterocycles. The summed E-state index contributed by atoms with van der Waals surface area (Å²) in [7, 11) is 0. The van der Waals surface area contributed by atoms with Crippen LogP contribution < -0.4 is 0 Å². The number of rotatable bonds is 3. The second-order valence-electron chi connectivity index (χ2n) is 3.11. The first kappa shape index (κ1) is 9.58. The lowest BCUT2D eigenvalue weighted by atomic mass is 10.3. The van der Waals surface area contributed by atoms with Crippen molar-refractivity contribution in [3.8, 4) is 0 Å². The highest BCUT2D eigenvalue weighted by molar-refractivity contribution is 5.83. The van der Waals surface area contributed by atoms with Crippen molar-refractivity contribution in [2.24, 2.45) is 4.99 Å². The molecule has 0 amide bonds. The van der Waals surface area contributed by atoms with Crippen molar-refractivity contribution >= 4 is 11.9 Å². The standard InChI is InChI=1S/C11H12N4/c1-2-8-15-9-12-7-4-10(15)11-13-5-3-6-14-11/h2-7H,1,8-9H2. The minimum absolute atomic E-state index is 0.635. The molecule has 2 rings (SSSR count). The zero-order valence-corrected chi connectivity index (χ0v) is 8.37. The molecule has 0 aromatic carbocycles. The monoisotopic (exact) mass is 200 g/mol. The Kier molecular flexibility index (Phi) is 2.88. The highest BCUT2D eigenvalue weighted by atomic mass is 15.2. The van der Waals surface area contributed by atoms with Crippen LogP contribution in [0.25, 0.3) is 5.70 Å². The maximum absolute atomic E-state index is 4.22. The van der Waals surface area contributed by atoms with Crippen LogP contribution in [-0.4, -0.2) is 34.3 Å². The molecule has 4 nitrogen and oxygen atoms in total. The Labute approximate surface area is 88.7 Å². The van der Waals surface area contributed by atoms with Gasteiger partial charge in [0.2, 0.25) is 0 Å². The molecule has 2 heterocycles. The average Bonchev–Trinajstić information content (AvgIpc) is 2.31. The third-order valence-corrected chi connectivity index (χ3v) is 2.08. The average molecular weight is 200 g/mol. The van der Waals surface area contributed by atoms with Crippen LogP contribution in [0, 0.1) is 0 Å². The molecule has 1 aliphatic rings. The van der Waals surface area contributed by atoms with E-state index in [0.717, 1.165) is 18.1 Å². The van der Waals surface area contributed by atoms with Crippen molar-refractivity contribution in [3.05, 3.63) is 43.0 Å². The van der Waals surface area contributed by atoms with E-state index in [-0.39, 0.29) is 0 Å². The fourth-order valence-corrected chi connectivity index (χ4v) is 1.41. The molecule has 0 saturated carbocycles. The first-order valence-electron chi connectivity index (χ1n) is 4.75. The van der Waals surface area contributed by atoms with Crippen LogP contribution in [0.4, 0.5) is 0 Å². The Morgan fingerprint density at radius 3 is 2.93 bits per heavy atom. The van der Waals surface area contributed by atoms with E-state index in [4.69, 9.17) is 0 Å². The van der Waals surface area contributed by atoms with Gasteiger partial charge in [-0.2, -0.15) is 0 Å². The smallest absolute Gasteiger partial charge is 0.175 e. The third kappa shape index (κ3) is 2.10. The van der Waals surface area contributed by atoms with Gasteiger partial charge in [0, 0.05) is 25.2 Å². The minimum Gasteiger partial charge on any atom is -0.345 e. The quantitative estimate of drug-likeness (QED) is 0.691. The number of aromatic nitrogens is 2. The summed E-state index contributed by atoms with van der Waals surface area (Å²) in [5.74, 6) is 0.727. The lowest BCUT2D eigenvalue weighted by Gasteiger charge is -2.24. The highest BCUT2D eigenvalue weighted by Gasteiger charge is 2.13. The van der Waals surface area contributed by atoms with Crippen LogP contribution in [0.1, 0.15) is 5.82 Å². The fourth-order valence-electron chi connectivity index (χ4n) is 1.41. The predicted octanol–water partition coefficient (Wildman–Crippen LogP) is 1.35. The Bertz CT molecular complexity index is 392. The van der Waals surface area contributed by atoms with E-state index in [9.17, 15) is 0 Å². The number of nitrogens with zero attached hydrogens (tertiary/aromatic N) is 4. The molecule has 0 bridgehead atoms. The molecule has 76 valence electrons. The second kappa shape index (κ2) is 4.50. The summed E-state index contributed by atoms with van der Waals surface area (Å²) in [6.45, 7) is 5.11. The van der Waals surface area contributed by atoms with Gasteiger partial charge in [0.1, 0.15) is 6.67 Å². The van der Waals surface area contributed by atoms with Crippen molar-refractivity contribution in [2.45, 2.75) is 0 Å². The van der Waals surface area contributed by atoms with Crippen molar-refractivity contribution < 1.29 is 0 Å². The van der Waals surface area contributed by atoms with E-state index in [1.807, 2.05) is 12.2 Å². The van der Waals surface area contributed by atoms with Gasteiger partial charge in [-0.25, -0.2) is 9.97 Å². The molecule has 1 aliphatic heterocycles. The molecule has 0 aliphatic carbocycles. The summed E-state index contributed by atoms with van der Waals surface area (Å²) < 4.78 is 0. The molecule has 4 heteroatoms. The maximum atomic E-state index is 4.22. The van der Waals surface area contributed by atoms with Gasteiger partial charge in [0.15, 0.2) is 5.82 Å². The Hall–Kier alpha value is -1.97. The SMILES string of the molecule is C=CCN1CN=CC=C1c1ncccn1. The molecule has 0 spiro atoms. The van der Waals surface area contributed by atoms with Crippen molar-refractivity contribution in [3.63, 3.8) is 0 Å². The molecular formula is C11H12N4. The minimum atomic E-state index is 0.635. The summed E-state index contributed by atoms with van der Waals surface area (Å²) in [4.78, 5) is 14.7. The Morgan fingerprint density at radius 2 is 2.20 bits per heavy atom. The largest absolute Gasteiger partial charge is 0.345 e. The Morgan fingerprint density at radius 1 is 1.40 bits per heavy atom. The van der Waals surface area contributed by atoms with Crippen molar-refractivity contribution in [1.82, 2.24) is 14.9 Å². The first-order chi connectivity index (χ1) is 7.42. The number of allylic oxidation sites excluding steroid dienone is 1. The first-order valence-corrected chi connectivity index (χ1v) is 4.75. The van der Waals surface area contributed by atoms with Gasteiger partial charge >= 0.3 is 0 Å². The molecule has 0 fully saturated rings. The highest BCUT2D eigenvalue weighted by Crippen LogP contribution is 2.16. The summed E-state index contributed by atoms with van der Waals surface area (Å²) in [6, 6.07) is 1.80. The van der Waals surface area contributed by atoms with Crippen molar-refractivity contribution in [2.75, 3.05) is 13.2 Å². The summed E-state index contributed by atoms with van der Waals surface area (Å²) in [6.07, 6.45) is 9.02. The zero-order chi connectivity index (χ0) is 10.5. The van der Waals surface area contributed by atoms with Crippen LogP contribution in [0.3, 0.4) is 0 Å². The van der Waals surface area contributed by atoms with E-state index in [1.54, 1.807) is 24.7 Å². The number of hydrogen-bond acceptors (Lipinski definition) is 4. The lowest BCUT2D eigenvalue weighted by Crippen LogP contribution is -2.25. The van der Waals surface area contributed by atoms with Gasteiger partial charge in [-0.1, -0.05) is 6.08 Å². The molecule has 0 radical (unpaired) electrons. The lowest BCUT2D eigenvalue weighted by molar-refractivity contribution is 0.447. The number of aliphatic imine (C=N–C) groups is 1. The van der Waals surface area contributed by atoms with E-state index in [1.165, 1.54) is 0 Å². The van der Waals surface area contributed by atoms with E-state index < -0.39 is 0 Å². The second-order valence-corrected chi connectivity index (χ2v) is 3.11. The summed E-state index contributed by atoms with van der Waals surface area (Å²) >= 11 is 0.